The second-order valence-corrected chi connectivity index (χ2v) is 7.67. The van der Waals surface area contributed by atoms with Crippen molar-refractivity contribution >= 4 is 22.1 Å². The summed E-state index contributed by atoms with van der Waals surface area (Å²) in [5.41, 5.74) is -0.592. The lowest BCUT2D eigenvalue weighted by Gasteiger charge is -2.34. The molecular weight excluding hydrogens is 300 g/mol. The molecule has 0 aromatic carbocycles. The van der Waals surface area contributed by atoms with E-state index in [2.05, 4.69) is 4.74 Å². The Morgan fingerprint density at radius 1 is 1.10 bits per heavy atom. The summed E-state index contributed by atoms with van der Waals surface area (Å²) in [7, 11) is -2.56. The topological polar surface area (TPSA) is 93.2 Å². The van der Waals surface area contributed by atoms with E-state index in [9.17, 15) is 18.0 Å². The van der Waals surface area contributed by atoms with Gasteiger partial charge in [0.15, 0.2) is 5.75 Å². The van der Waals surface area contributed by atoms with Crippen molar-refractivity contribution in [3.8, 4) is 0 Å². The second-order valence-electron chi connectivity index (χ2n) is 5.70. The molecule has 0 unspecified atom stereocenters. The highest BCUT2D eigenvalue weighted by atomic mass is 32.2. The van der Waals surface area contributed by atoms with Crippen LogP contribution >= 0.6 is 0 Å². The zero-order valence-corrected chi connectivity index (χ0v) is 13.6. The van der Waals surface area contributed by atoms with Gasteiger partial charge in [0.05, 0.1) is 7.11 Å². The smallest absolute Gasteiger partial charge is 0.410 e. The molecule has 0 radical (unpaired) electrons. The van der Waals surface area contributed by atoms with Crippen LogP contribution in [-0.2, 0) is 24.3 Å². The molecule has 0 aromatic heterocycles. The van der Waals surface area contributed by atoms with Gasteiger partial charge in [-0.1, -0.05) is 0 Å². The predicted octanol–water partition coefficient (Wildman–Crippen LogP) is 0.0419. The molecule has 1 amide bonds. The van der Waals surface area contributed by atoms with Crippen LogP contribution in [0.2, 0.25) is 0 Å². The van der Waals surface area contributed by atoms with E-state index in [1.54, 1.807) is 20.8 Å². The van der Waals surface area contributed by atoms with Gasteiger partial charge in [0, 0.05) is 26.2 Å². The lowest BCUT2D eigenvalue weighted by Crippen LogP contribution is -2.52. The van der Waals surface area contributed by atoms with Gasteiger partial charge < -0.3 is 14.4 Å². The molecule has 0 aromatic rings. The zero-order valence-electron chi connectivity index (χ0n) is 12.8. The highest BCUT2D eigenvalue weighted by molar-refractivity contribution is 7.89. The van der Waals surface area contributed by atoms with Crippen molar-refractivity contribution in [3.63, 3.8) is 0 Å². The maximum atomic E-state index is 12.0. The van der Waals surface area contributed by atoms with E-state index in [1.807, 2.05) is 0 Å². The Hall–Kier alpha value is -1.35. The maximum Gasteiger partial charge on any atom is 0.410 e. The number of rotatable bonds is 3. The molecule has 1 rings (SSSR count). The lowest BCUT2D eigenvalue weighted by atomic mass is 10.2. The third-order valence-corrected chi connectivity index (χ3v) is 4.56. The van der Waals surface area contributed by atoms with E-state index >= 15 is 0 Å². The minimum atomic E-state index is -3.70. The molecule has 0 atom stereocenters. The fourth-order valence-electron chi connectivity index (χ4n) is 1.77. The molecule has 0 N–H and O–H groups in total. The Morgan fingerprint density at radius 2 is 1.62 bits per heavy atom. The number of esters is 1. The number of hydrogen-bond donors (Lipinski definition) is 0. The van der Waals surface area contributed by atoms with Gasteiger partial charge in [-0.2, -0.15) is 4.31 Å². The first-order valence-electron chi connectivity index (χ1n) is 6.58. The summed E-state index contributed by atoms with van der Waals surface area (Å²) in [6.07, 6.45) is -0.465. The average Bonchev–Trinajstić information content (AvgIpc) is 2.36. The molecule has 1 fully saturated rings. The van der Waals surface area contributed by atoms with Gasteiger partial charge in [-0.05, 0) is 20.8 Å². The highest BCUT2D eigenvalue weighted by Gasteiger charge is 2.32. The number of piperazine rings is 1. The van der Waals surface area contributed by atoms with Crippen LogP contribution in [0.5, 0.6) is 0 Å². The van der Waals surface area contributed by atoms with Crippen LogP contribution in [0.25, 0.3) is 0 Å². The van der Waals surface area contributed by atoms with Gasteiger partial charge >= 0.3 is 12.1 Å². The van der Waals surface area contributed by atoms with Crippen LogP contribution in [0.1, 0.15) is 20.8 Å². The minimum absolute atomic E-state index is 0.137. The first-order chi connectivity index (χ1) is 9.55. The first kappa shape index (κ1) is 17.7. The Bertz CT molecular complexity index is 488. The molecule has 21 heavy (non-hydrogen) atoms. The van der Waals surface area contributed by atoms with Crippen LogP contribution in [0.4, 0.5) is 4.79 Å². The standard InChI is InChI=1S/C12H22N2O6S/c1-12(2,3)20-11(16)13-5-7-14(8-6-13)21(17,18)9-10(15)19-4/h5-9H2,1-4H3. The van der Waals surface area contributed by atoms with Gasteiger partial charge in [-0.15, -0.1) is 0 Å². The van der Waals surface area contributed by atoms with E-state index in [1.165, 1.54) is 9.21 Å². The number of ether oxygens (including phenoxy) is 2. The Morgan fingerprint density at radius 3 is 2.05 bits per heavy atom. The summed E-state index contributed by atoms with van der Waals surface area (Å²) >= 11 is 0. The van der Waals surface area contributed by atoms with Crippen molar-refractivity contribution in [2.45, 2.75) is 26.4 Å². The lowest BCUT2D eigenvalue weighted by molar-refractivity contribution is -0.137. The number of methoxy groups -OCH3 is 1. The number of carbonyl (C=O) groups excluding carboxylic acids is 2. The normalized spacial score (nSPS) is 17.4. The van der Waals surface area contributed by atoms with Crippen LogP contribution in [-0.4, -0.2) is 74.3 Å². The number of sulfonamides is 1. The van der Waals surface area contributed by atoms with E-state index in [4.69, 9.17) is 4.74 Å². The van der Waals surface area contributed by atoms with Gasteiger partial charge in [0.25, 0.3) is 0 Å². The molecule has 0 saturated carbocycles. The molecule has 122 valence electrons. The van der Waals surface area contributed by atoms with Crippen molar-refractivity contribution in [1.82, 2.24) is 9.21 Å². The van der Waals surface area contributed by atoms with Gasteiger partial charge in [0.2, 0.25) is 10.0 Å². The van der Waals surface area contributed by atoms with E-state index < -0.39 is 33.4 Å². The van der Waals surface area contributed by atoms with E-state index in [0.717, 1.165) is 7.11 Å². The molecule has 0 aliphatic carbocycles. The summed E-state index contributed by atoms with van der Waals surface area (Å²) in [6, 6.07) is 0. The van der Waals surface area contributed by atoms with E-state index in [-0.39, 0.29) is 26.2 Å². The van der Waals surface area contributed by atoms with Crippen molar-refractivity contribution in [2.24, 2.45) is 0 Å². The Kier molecular flexibility index (Phi) is 5.57. The number of carbonyl (C=O) groups is 2. The SMILES string of the molecule is COC(=O)CS(=O)(=O)N1CCN(C(=O)OC(C)(C)C)CC1. The molecule has 1 aliphatic rings. The summed E-state index contributed by atoms with van der Waals surface area (Å²) < 4.78 is 34.7. The number of hydrogen-bond acceptors (Lipinski definition) is 6. The molecule has 1 saturated heterocycles. The Labute approximate surface area is 125 Å². The first-order valence-corrected chi connectivity index (χ1v) is 8.18. The van der Waals surface area contributed by atoms with Crippen LogP contribution in [0.15, 0.2) is 0 Å². The summed E-state index contributed by atoms with van der Waals surface area (Å²) in [5, 5.41) is 0. The van der Waals surface area contributed by atoms with Gasteiger partial charge in [-0.25, -0.2) is 13.2 Å². The van der Waals surface area contributed by atoms with Crippen LogP contribution in [0, 0.1) is 0 Å². The highest BCUT2D eigenvalue weighted by Crippen LogP contribution is 2.13. The third-order valence-electron chi connectivity index (χ3n) is 2.81. The molecule has 0 bridgehead atoms. The fourth-order valence-corrected chi connectivity index (χ4v) is 3.09. The predicted molar refractivity (Wildman–Crippen MR) is 75.2 cm³/mol. The summed E-state index contributed by atoms with van der Waals surface area (Å²) in [5.74, 6) is -1.49. The van der Waals surface area contributed by atoms with Crippen molar-refractivity contribution in [2.75, 3.05) is 39.0 Å². The summed E-state index contributed by atoms with van der Waals surface area (Å²) in [6.45, 7) is 6.04. The van der Waals surface area contributed by atoms with Crippen molar-refractivity contribution in [3.05, 3.63) is 0 Å². The minimum Gasteiger partial charge on any atom is -0.468 e. The monoisotopic (exact) mass is 322 g/mol. The second kappa shape index (κ2) is 6.61. The number of nitrogens with zero attached hydrogens (tertiary/aromatic N) is 2. The van der Waals surface area contributed by atoms with Crippen LogP contribution < -0.4 is 0 Å². The largest absolute Gasteiger partial charge is 0.468 e. The van der Waals surface area contributed by atoms with Crippen molar-refractivity contribution in [1.29, 1.82) is 0 Å². The molecule has 8 nitrogen and oxygen atoms in total. The third kappa shape index (κ3) is 5.50. The molecule has 0 spiro atoms. The van der Waals surface area contributed by atoms with Crippen LogP contribution in [0.3, 0.4) is 0 Å². The van der Waals surface area contributed by atoms with Gasteiger partial charge in [0.1, 0.15) is 5.60 Å². The average molecular weight is 322 g/mol. The number of amides is 1. The molecule has 9 heteroatoms. The Balaban J connectivity index is 2.56. The van der Waals surface area contributed by atoms with E-state index in [0.29, 0.717) is 0 Å². The van der Waals surface area contributed by atoms with Crippen molar-refractivity contribution < 1.29 is 27.5 Å². The summed E-state index contributed by atoms with van der Waals surface area (Å²) in [4.78, 5) is 24.4. The zero-order chi connectivity index (χ0) is 16.3. The molecule has 1 aliphatic heterocycles. The fraction of sp³-hybridized carbons (Fsp3) is 0.833. The molecule has 1 heterocycles. The molecular formula is C12H22N2O6S. The van der Waals surface area contributed by atoms with Gasteiger partial charge in [-0.3, -0.25) is 4.79 Å². The maximum absolute atomic E-state index is 12.0. The quantitative estimate of drug-likeness (QED) is 0.681.